The number of aryl methyl sites for hydroxylation is 2. The summed E-state index contributed by atoms with van der Waals surface area (Å²) in [7, 11) is 0. The van der Waals surface area contributed by atoms with E-state index < -0.39 is 0 Å². The van der Waals surface area contributed by atoms with Crippen molar-refractivity contribution in [3.05, 3.63) is 34.9 Å². The van der Waals surface area contributed by atoms with E-state index in [0.717, 1.165) is 11.8 Å². The lowest BCUT2D eigenvalue weighted by Crippen LogP contribution is -2.27. The molecule has 1 N–H and O–H groups in total. The molecule has 0 aliphatic heterocycles. The van der Waals surface area contributed by atoms with Crippen LogP contribution in [0.3, 0.4) is 0 Å². The fraction of sp³-hybridized carbons (Fsp3) is 0.667. The molecule has 0 spiro atoms. The number of benzene rings is 1. The Labute approximate surface area is 118 Å². The average molecular weight is 259 g/mol. The highest BCUT2D eigenvalue weighted by atomic mass is 14.9. The number of rotatable bonds is 6. The van der Waals surface area contributed by atoms with Crippen molar-refractivity contribution in [1.82, 2.24) is 5.32 Å². The predicted octanol–water partition coefficient (Wildman–Crippen LogP) is 4.26. The molecule has 1 aromatic rings. The molecule has 1 heteroatoms. The van der Waals surface area contributed by atoms with Crippen molar-refractivity contribution in [3.63, 3.8) is 0 Å². The van der Waals surface area contributed by atoms with E-state index in [1.165, 1.54) is 56.3 Å². The molecular formula is C18H29N. The van der Waals surface area contributed by atoms with Crippen LogP contribution in [0, 0.1) is 25.7 Å². The summed E-state index contributed by atoms with van der Waals surface area (Å²) in [5.74, 6) is 1.79. The molecule has 1 aromatic carbocycles. The number of hydrogen-bond acceptors (Lipinski definition) is 1. The minimum absolute atomic E-state index is 0.893. The van der Waals surface area contributed by atoms with Gasteiger partial charge in [-0.2, -0.15) is 0 Å². The van der Waals surface area contributed by atoms with E-state index >= 15 is 0 Å². The summed E-state index contributed by atoms with van der Waals surface area (Å²) >= 11 is 0. The smallest absolute Gasteiger partial charge is 0.00178 e. The van der Waals surface area contributed by atoms with Crippen molar-refractivity contribution in [2.75, 3.05) is 13.1 Å². The van der Waals surface area contributed by atoms with Gasteiger partial charge in [-0.15, -0.1) is 0 Å². The molecule has 0 bridgehead atoms. The highest BCUT2D eigenvalue weighted by molar-refractivity contribution is 5.34. The molecule has 2 rings (SSSR count). The maximum absolute atomic E-state index is 3.62. The maximum Gasteiger partial charge on any atom is -0.00178 e. The van der Waals surface area contributed by atoms with Crippen molar-refractivity contribution in [1.29, 1.82) is 0 Å². The van der Waals surface area contributed by atoms with Gasteiger partial charge in [0.25, 0.3) is 0 Å². The van der Waals surface area contributed by atoms with E-state index in [1.54, 1.807) is 5.56 Å². The first kappa shape index (κ1) is 14.6. The summed E-state index contributed by atoms with van der Waals surface area (Å²) in [6.45, 7) is 9.18. The van der Waals surface area contributed by atoms with Crippen LogP contribution in [-0.4, -0.2) is 13.1 Å². The largest absolute Gasteiger partial charge is 0.316 e. The third kappa shape index (κ3) is 3.82. The molecule has 1 nitrogen and oxygen atoms in total. The molecule has 0 heterocycles. The van der Waals surface area contributed by atoms with Gasteiger partial charge in [-0.1, -0.05) is 31.5 Å². The molecule has 1 saturated carbocycles. The maximum atomic E-state index is 3.62. The second kappa shape index (κ2) is 7.09. The topological polar surface area (TPSA) is 12.0 Å². The first-order valence-electron chi connectivity index (χ1n) is 7.98. The Kier molecular flexibility index (Phi) is 5.45. The Morgan fingerprint density at radius 1 is 1.11 bits per heavy atom. The molecule has 2 unspecified atom stereocenters. The van der Waals surface area contributed by atoms with Crippen molar-refractivity contribution in [3.8, 4) is 0 Å². The van der Waals surface area contributed by atoms with Gasteiger partial charge in [0.05, 0.1) is 0 Å². The Balaban J connectivity index is 1.97. The van der Waals surface area contributed by atoms with E-state index in [9.17, 15) is 0 Å². The van der Waals surface area contributed by atoms with Gasteiger partial charge in [-0.25, -0.2) is 0 Å². The zero-order valence-electron chi connectivity index (χ0n) is 12.8. The molecular weight excluding hydrogens is 230 g/mol. The van der Waals surface area contributed by atoms with Crippen molar-refractivity contribution in [2.24, 2.45) is 11.8 Å². The summed E-state index contributed by atoms with van der Waals surface area (Å²) < 4.78 is 0. The molecule has 0 radical (unpaired) electrons. The summed E-state index contributed by atoms with van der Waals surface area (Å²) in [5.41, 5.74) is 4.56. The van der Waals surface area contributed by atoms with Gasteiger partial charge in [0.2, 0.25) is 0 Å². The molecule has 0 saturated heterocycles. The average Bonchev–Trinajstić information content (AvgIpc) is 2.82. The molecule has 1 aliphatic carbocycles. The molecule has 19 heavy (non-hydrogen) atoms. The van der Waals surface area contributed by atoms with Crippen LogP contribution in [0.15, 0.2) is 18.2 Å². The lowest BCUT2D eigenvalue weighted by atomic mass is 9.86. The minimum atomic E-state index is 0.893. The summed E-state index contributed by atoms with van der Waals surface area (Å²) in [6.07, 6.45) is 6.80. The molecule has 1 fully saturated rings. The normalized spacial score (nSPS) is 22.9. The van der Waals surface area contributed by atoms with E-state index in [0.29, 0.717) is 0 Å². The van der Waals surface area contributed by atoms with Crippen molar-refractivity contribution < 1.29 is 0 Å². The summed E-state index contributed by atoms with van der Waals surface area (Å²) in [5, 5.41) is 3.62. The second-order valence-electron chi connectivity index (χ2n) is 6.23. The first-order chi connectivity index (χ1) is 9.22. The van der Waals surface area contributed by atoms with Gasteiger partial charge in [-0.3, -0.25) is 0 Å². The van der Waals surface area contributed by atoms with Crippen LogP contribution in [0.4, 0.5) is 0 Å². The van der Waals surface area contributed by atoms with Crippen LogP contribution in [0.2, 0.25) is 0 Å². The zero-order chi connectivity index (χ0) is 13.7. The van der Waals surface area contributed by atoms with E-state index in [2.05, 4.69) is 44.3 Å². The molecule has 2 atom stereocenters. The highest BCUT2D eigenvalue weighted by Crippen LogP contribution is 2.35. The van der Waals surface area contributed by atoms with Gasteiger partial charge in [0.1, 0.15) is 0 Å². The van der Waals surface area contributed by atoms with E-state index in [1.807, 2.05) is 0 Å². The van der Waals surface area contributed by atoms with Gasteiger partial charge in [0, 0.05) is 0 Å². The van der Waals surface area contributed by atoms with Gasteiger partial charge < -0.3 is 5.32 Å². The fourth-order valence-corrected chi connectivity index (χ4v) is 3.55. The Bertz CT molecular complexity index is 376. The fourth-order valence-electron chi connectivity index (χ4n) is 3.55. The first-order valence-corrected chi connectivity index (χ1v) is 7.98. The van der Waals surface area contributed by atoms with E-state index in [4.69, 9.17) is 0 Å². The zero-order valence-corrected chi connectivity index (χ0v) is 12.8. The molecule has 0 aromatic heterocycles. The monoisotopic (exact) mass is 259 g/mol. The lowest BCUT2D eigenvalue weighted by Gasteiger charge is -2.22. The molecule has 106 valence electrons. The Hall–Kier alpha value is -0.820. The Morgan fingerprint density at radius 3 is 2.47 bits per heavy atom. The third-order valence-electron chi connectivity index (χ3n) is 4.76. The Morgan fingerprint density at radius 2 is 1.79 bits per heavy atom. The minimum Gasteiger partial charge on any atom is -0.316 e. The van der Waals surface area contributed by atoms with Gasteiger partial charge in [-0.05, 0) is 81.1 Å². The van der Waals surface area contributed by atoms with Gasteiger partial charge >= 0.3 is 0 Å². The van der Waals surface area contributed by atoms with Crippen molar-refractivity contribution in [2.45, 2.75) is 52.9 Å². The van der Waals surface area contributed by atoms with Crippen LogP contribution in [-0.2, 0) is 6.42 Å². The highest BCUT2D eigenvalue weighted by Gasteiger charge is 2.27. The quantitative estimate of drug-likeness (QED) is 0.753. The van der Waals surface area contributed by atoms with Crippen LogP contribution < -0.4 is 5.32 Å². The third-order valence-corrected chi connectivity index (χ3v) is 4.76. The van der Waals surface area contributed by atoms with Crippen LogP contribution in [0.1, 0.15) is 49.3 Å². The standard InChI is InChI=1S/C18H29N/c1-4-11-19-13-17-10-6-9-16(17)12-18-14(2)7-5-8-15(18)3/h5,7-8,16-17,19H,4,6,9-13H2,1-3H3. The van der Waals surface area contributed by atoms with Gasteiger partial charge in [0.15, 0.2) is 0 Å². The molecule has 0 amide bonds. The van der Waals surface area contributed by atoms with Crippen molar-refractivity contribution >= 4 is 0 Å². The van der Waals surface area contributed by atoms with Crippen LogP contribution in [0.5, 0.6) is 0 Å². The summed E-state index contributed by atoms with van der Waals surface area (Å²) in [4.78, 5) is 0. The van der Waals surface area contributed by atoms with E-state index in [-0.39, 0.29) is 0 Å². The lowest BCUT2D eigenvalue weighted by molar-refractivity contribution is 0.364. The summed E-state index contributed by atoms with van der Waals surface area (Å²) in [6, 6.07) is 6.71. The van der Waals surface area contributed by atoms with Crippen LogP contribution >= 0.6 is 0 Å². The number of hydrogen-bond donors (Lipinski definition) is 1. The van der Waals surface area contributed by atoms with Crippen LogP contribution in [0.25, 0.3) is 0 Å². The number of nitrogens with one attached hydrogen (secondary N) is 1. The SMILES string of the molecule is CCCNCC1CCCC1Cc1c(C)cccc1C. The predicted molar refractivity (Wildman–Crippen MR) is 83.6 cm³/mol. The molecule has 1 aliphatic rings. The second-order valence-corrected chi connectivity index (χ2v) is 6.23.